The normalized spacial score (nSPS) is 10.6. The van der Waals surface area contributed by atoms with Crippen LogP contribution in [-0.2, 0) is 16.0 Å². The number of hydrogen-bond acceptors (Lipinski definition) is 7. The van der Waals surface area contributed by atoms with Gasteiger partial charge in [-0.2, -0.15) is 0 Å². The number of thiophene rings is 1. The van der Waals surface area contributed by atoms with Gasteiger partial charge >= 0.3 is 5.97 Å². The van der Waals surface area contributed by atoms with Crippen molar-refractivity contribution in [2.75, 3.05) is 32.2 Å². The van der Waals surface area contributed by atoms with Crippen molar-refractivity contribution in [1.29, 1.82) is 0 Å². The molecule has 0 atom stereocenters. The second-order valence-electron chi connectivity index (χ2n) is 7.97. The zero-order valence-electron chi connectivity index (χ0n) is 21.4. The number of methoxy groups -OCH3 is 1. The van der Waals surface area contributed by atoms with E-state index >= 15 is 0 Å². The van der Waals surface area contributed by atoms with Crippen LogP contribution in [0.15, 0.2) is 42.5 Å². The minimum Gasteiger partial charge on any atom is -0.497 e. The molecule has 1 N–H and O–H groups in total. The molecule has 8 heteroatoms. The van der Waals surface area contributed by atoms with E-state index in [-0.39, 0.29) is 12.3 Å². The summed E-state index contributed by atoms with van der Waals surface area (Å²) < 4.78 is 22.0. The molecule has 1 heterocycles. The summed E-state index contributed by atoms with van der Waals surface area (Å²) in [4.78, 5) is 27.0. The van der Waals surface area contributed by atoms with Crippen molar-refractivity contribution in [3.8, 4) is 28.4 Å². The van der Waals surface area contributed by atoms with Gasteiger partial charge in [-0.3, -0.25) is 4.79 Å². The quantitative estimate of drug-likeness (QED) is 0.288. The van der Waals surface area contributed by atoms with Crippen LogP contribution in [0.3, 0.4) is 0 Å². The minimum absolute atomic E-state index is 0.116. The van der Waals surface area contributed by atoms with Gasteiger partial charge in [0.2, 0.25) is 5.91 Å². The second-order valence-corrected chi connectivity index (χ2v) is 9.20. The molecule has 0 bridgehead atoms. The first-order valence-electron chi connectivity index (χ1n) is 12.0. The second kappa shape index (κ2) is 13.0. The van der Waals surface area contributed by atoms with Crippen LogP contribution >= 0.6 is 11.3 Å². The van der Waals surface area contributed by atoms with E-state index in [1.165, 1.54) is 11.3 Å². The lowest BCUT2D eigenvalue weighted by Crippen LogP contribution is -2.17. The Morgan fingerprint density at radius 2 is 1.64 bits per heavy atom. The summed E-state index contributed by atoms with van der Waals surface area (Å²) in [7, 11) is 1.60. The van der Waals surface area contributed by atoms with Crippen molar-refractivity contribution in [2.24, 2.45) is 0 Å². The standard InChI is InChI=1S/C28H33NO6S/c1-6-15-35-28(31)26-25(20-10-12-21(32-5)13-11-20)18(4)36-27(26)29-24(30)17-19-9-14-22(33-7-2)23(16-19)34-8-3/h9-14,16H,6-8,15,17H2,1-5H3,(H,29,30). The Kier molecular flexibility index (Phi) is 9.76. The number of amides is 1. The Labute approximate surface area is 216 Å². The van der Waals surface area contributed by atoms with Gasteiger partial charge in [-0.1, -0.05) is 25.1 Å². The molecule has 0 aliphatic carbocycles. The van der Waals surface area contributed by atoms with Gasteiger partial charge in [0.1, 0.15) is 16.3 Å². The van der Waals surface area contributed by atoms with Crippen LogP contribution < -0.4 is 19.5 Å². The van der Waals surface area contributed by atoms with E-state index in [0.29, 0.717) is 48.3 Å². The van der Waals surface area contributed by atoms with E-state index in [0.717, 1.165) is 27.3 Å². The number of esters is 1. The first kappa shape index (κ1) is 27.1. The summed E-state index contributed by atoms with van der Waals surface area (Å²) >= 11 is 1.36. The van der Waals surface area contributed by atoms with Gasteiger partial charge in [-0.25, -0.2) is 4.79 Å². The van der Waals surface area contributed by atoms with E-state index in [9.17, 15) is 9.59 Å². The van der Waals surface area contributed by atoms with Crippen molar-refractivity contribution < 1.29 is 28.5 Å². The van der Waals surface area contributed by atoms with Crippen LogP contribution in [0.2, 0.25) is 0 Å². The number of anilines is 1. The molecule has 0 radical (unpaired) electrons. The van der Waals surface area contributed by atoms with E-state index in [2.05, 4.69) is 5.32 Å². The first-order chi connectivity index (χ1) is 17.4. The average Bonchev–Trinajstić information content (AvgIpc) is 3.19. The highest BCUT2D eigenvalue weighted by Gasteiger charge is 2.26. The monoisotopic (exact) mass is 511 g/mol. The summed E-state index contributed by atoms with van der Waals surface area (Å²) in [6.45, 7) is 8.98. The number of ether oxygens (including phenoxy) is 4. The zero-order valence-corrected chi connectivity index (χ0v) is 22.3. The molecule has 3 aromatic rings. The predicted octanol–water partition coefficient (Wildman–Crippen LogP) is 6.28. The lowest BCUT2D eigenvalue weighted by molar-refractivity contribution is -0.115. The van der Waals surface area contributed by atoms with Gasteiger partial charge in [0, 0.05) is 10.4 Å². The maximum Gasteiger partial charge on any atom is 0.341 e. The van der Waals surface area contributed by atoms with Crippen molar-refractivity contribution >= 4 is 28.2 Å². The molecule has 36 heavy (non-hydrogen) atoms. The number of aryl methyl sites for hydroxylation is 1. The third-order valence-corrected chi connectivity index (χ3v) is 6.35. The molecule has 7 nitrogen and oxygen atoms in total. The molecule has 0 fully saturated rings. The topological polar surface area (TPSA) is 83.1 Å². The van der Waals surface area contributed by atoms with Gasteiger partial charge in [-0.15, -0.1) is 11.3 Å². The number of carbonyl (C=O) groups is 2. The molecule has 192 valence electrons. The van der Waals surface area contributed by atoms with Crippen LogP contribution in [-0.4, -0.2) is 38.8 Å². The van der Waals surface area contributed by atoms with Gasteiger partial charge in [0.05, 0.1) is 33.4 Å². The van der Waals surface area contributed by atoms with Crippen LogP contribution in [0, 0.1) is 6.92 Å². The summed E-state index contributed by atoms with van der Waals surface area (Å²) in [6.07, 6.45) is 0.819. The number of rotatable bonds is 12. The van der Waals surface area contributed by atoms with Crippen molar-refractivity contribution in [2.45, 2.75) is 40.5 Å². The lowest BCUT2D eigenvalue weighted by atomic mass is 10.0. The number of hydrogen-bond donors (Lipinski definition) is 1. The molecule has 1 aromatic heterocycles. The van der Waals surface area contributed by atoms with Gasteiger partial charge in [0.25, 0.3) is 0 Å². The Hall–Kier alpha value is -3.52. The molecule has 0 spiro atoms. The molecule has 0 unspecified atom stereocenters. The lowest BCUT2D eigenvalue weighted by Gasteiger charge is -2.13. The minimum atomic E-state index is -0.456. The van der Waals surface area contributed by atoms with Crippen LogP contribution in [0.1, 0.15) is 48.0 Å². The van der Waals surface area contributed by atoms with Gasteiger partial charge in [-0.05, 0) is 62.6 Å². The zero-order chi connectivity index (χ0) is 26.1. The van der Waals surface area contributed by atoms with Crippen molar-refractivity contribution in [1.82, 2.24) is 0 Å². The van der Waals surface area contributed by atoms with Crippen LogP contribution in [0.4, 0.5) is 5.00 Å². The van der Waals surface area contributed by atoms with Gasteiger partial charge < -0.3 is 24.3 Å². The van der Waals surface area contributed by atoms with E-state index < -0.39 is 5.97 Å². The van der Waals surface area contributed by atoms with Crippen LogP contribution in [0.25, 0.3) is 11.1 Å². The molecule has 3 rings (SSSR count). The fourth-order valence-corrected chi connectivity index (χ4v) is 4.84. The SMILES string of the molecule is CCCOC(=O)c1c(NC(=O)Cc2ccc(OCC)c(OCC)c2)sc(C)c1-c1ccc(OC)cc1. The highest BCUT2D eigenvalue weighted by molar-refractivity contribution is 7.17. The van der Waals surface area contributed by atoms with E-state index in [1.54, 1.807) is 7.11 Å². The van der Waals surface area contributed by atoms with Crippen molar-refractivity contribution in [3.63, 3.8) is 0 Å². The maximum absolute atomic E-state index is 13.1. The number of carbonyl (C=O) groups excluding carboxylic acids is 2. The highest BCUT2D eigenvalue weighted by Crippen LogP contribution is 2.41. The van der Waals surface area contributed by atoms with Crippen molar-refractivity contribution in [3.05, 3.63) is 58.5 Å². The fourth-order valence-electron chi connectivity index (χ4n) is 3.76. The molecule has 0 aliphatic rings. The molecular formula is C28H33NO6S. The molecule has 1 amide bonds. The Bertz CT molecular complexity index is 1190. The Balaban J connectivity index is 1.90. The summed E-state index contributed by atoms with van der Waals surface area (Å²) in [5, 5.41) is 3.42. The van der Waals surface area contributed by atoms with Crippen LogP contribution in [0.5, 0.6) is 17.2 Å². The molecule has 0 aliphatic heterocycles. The number of benzene rings is 2. The summed E-state index contributed by atoms with van der Waals surface area (Å²) in [6, 6.07) is 12.9. The number of nitrogens with one attached hydrogen (secondary N) is 1. The fraction of sp³-hybridized carbons (Fsp3) is 0.357. The van der Waals surface area contributed by atoms with Gasteiger partial charge in [0.15, 0.2) is 11.5 Å². The smallest absolute Gasteiger partial charge is 0.341 e. The third kappa shape index (κ3) is 6.57. The third-order valence-electron chi connectivity index (χ3n) is 5.33. The summed E-state index contributed by atoms with van der Waals surface area (Å²) in [5.41, 5.74) is 2.74. The Morgan fingerprint density at radius 3 is 2.28 bits per heavy atom. The largest absolute Gasteiger partial charge is 0.497 e. The highest BCUT2D eigenvalue weighted by atomic mass is 32.1. The first-order valence-corrected chi connectivity index (χ1v) is 12.9. The predicted molar refractivity (Wildman–Crippen MR) is 143 cm³/mol. The van der Waals surface area contributed by atoms with E-state index in [1.807, 2.05) is 70.2 Å². The average molecular weight is 512 g/mol. The maximum atomic E-state index is 13.1. The Morgan fingerprint density at radius 1 is 0.944 bits per heavy atom. The molecule has 2 aromatic carbocycles. The summed E-state index contributed by atoms with van der Waals surface area (Å²) in [5.74, 6) is 1.26. The molecule has 0 saturated heterocycles. The van der Waals surface area contributed by atoms with E-state index in [4.69, 9.17) is 18.9 Å². The molecule has 0 saturated carbocycles. The molecular weight excluding hydrogens is 478 g/mol.